The van der Waals surface area contributed by atoms with Crippen LogP contribution in [-0.2, 0) is 14.2 Å². The van der Waals surface area contributed by atoms with Crippen LogP contribution < -0.4 is 0 Å². The fourth-order valence-corrected chi connectivity index (χ4v) is 3.52. The van der Waals surface area contributed by atoms with Crippen LogP contribution in [0.5, 0.6) is 0 Å². The highest BCUT2D eigenvalue weighted by Gasteiger charge is 2.44. The predicted molar refractivity (Wildman–Crippen MR) is 83.4 cm³/mol. The second-order valence-electron chi connectivity index (χ2n) is 4.92. The molecule has 0 amide bonds. The molecule has 21 heavy (non-hydrogen) atoms. The maximum absolute atomic E-state index is 10.6. The molecule has 0 bridgehead atoms. The van der Waals surface area contributed by atoms with Gasteiger partial charge in [0.05, 0.1) is 12.7 Å². The lowest BCUT2D eigenvalue weighted by Crippen LogP contribution is -2.57. The highest BCUT2D eigenvalue weighted by molar-refractivity contribution is 7.99. The molecule has 0 spiro atoms. The molecule has 1 fully saturated rings. The minimum atomic E-state index is -0.767. The Morgan fingerprint density at radius 3 is 2.67 bits per heavy atom. The minimum absolute atomic E-state index is 0.158. The van der Waals surface area contributed by atoms with Gasteiger partial charge in [-0.15, -0.1) is 6.58 Å². The van der Waals surface area contributed by atoms with E-state index in [9.17, 15) is 5.11 Å². The van der Waals surface area contributed by atoms with Crippen molar-refractivity contribution in [2.24, 2.45) is 0 Å². The van der Waals surface area contributed by atoms with Crippen molar-refractivity contribution in [2.45, 2.75) is 41.7 Å². The van der Waals surface area contributed by atoms with E-state index >= 15 is 0 Å². The van der Waals surface area contributed by atoms with Crippen molar-refractivity contribution in [1.29, 1.82) is 0 Å². The zero-order valence-corrected chi connectivity index (χ0v) is 13.2. The number of thioether (sulfide) groups is 1. The number of rotatable bonds is 6. The Kier molecular flexibility index (Phi) is 6.26. The Morgan fingerprint density at radius 2 is 2.05 bits per heavy atom. The van der Waals surface area contributed by atoms with Crippen LogP contribution in [0.1, 0.15) is 6.92 Å². The average molecular weight is 310 g/mol. The summed E-state index contributed by atoms with van der Waals surface area (Å²) in [5.41, 5.74) is -0.386. The van der Waals surface area contributed by atoms with Gasteiger partial charge in [-0.3, -0.25) is 0 Å². The van der Waals surface area contributed by atoms with Gasteiger partial charge in [-0.2, -0.15) is 0 Å². The lowest BCUT2D eigenvalue weighted by atomic mass is 10.0. The molecule has 5 heteroatoms. The van der Waals surface area contributed by atoms with Gasteiger partial charge in [0.2, 0.25) is 0 Å². The number of aliphatic hydroxyl groups is 1. The van der Waals surface area contributed by atoms with E-state index in [1.807, 2.05) is 37.3 Å². The molecule has 0 unspecified atom stereocenters. The van der Waals surface area contributed by atoms with Crippen LogP contribution in [0.2, 0.25) is 0 Å². The smallest absolute Gasteiger partial charge is 0.136 e. The molecule has 1 N–H and O–H groups in total. The maximum atomic E-state index is 10.6. The van der Waals surface area contributed by atoms with Gasteiger partial charge in [0.1, 0.15) is 23.7 Å². The van der Waals surface area contributed by atoms with Crippen molar-refractivity contribution in [1.82, 2.24) is 0 Å². The van der Waals surface area contributed by atoms with Gasteiger partial charge < -0.3 is 19.3 Å². The zero-order chi connectivity index (χ0) is 15.2. The molecule has 0 aromatic heterocycles. The molecule has 2 rings (SSSR count). The number of ether oxygens (including phenoxy) is 3. The number of aliphatic hydroxyl groups excluding tert-OH is 1. The van der Waals surface area contributed by atoms with Crippen LogP contribution in [0.3, 0.4) is 0 Å². The first kappa shape index (κ1) is 16.5. The van der Waals surface area contributed by atoms with Crippen LogP contribution >= 0.6 is 11.8 Å². The number of methoxy groups -OCH3 is 1. The number of hydrogen-bond acceptors (Lipinski definition) is 5. The van der Waals surface area contributed by atoms with Crippen molar-refractivity contribution in [3.05, 3.63) is 43.0 Å². The Bertz CT molecular complexity index is 439. The number of benzene rings is 1. The average Bonchev–Trinajstić information content (AvgIpc) is 2.50. The van der Waals surface area contributed by atoms with E-state index in [2.05, 4.69) is 6.58 Å². The Balaban J connectivity index is 2.10. The highest BCUT2D eigenvalue weighted by Crippen LogP contribution is 2.35. The third-order valence-corrected chi connectivity index (χ3v) is 4.59. The summed E-state index contributed by atoms with van der Waals surface area (Å²) in [5.74, 6) is 0. The van der Waals surface area contributed by atoms with E-state index in [-0.39, 0.29) is 17.6 Å². The summed E-state index contributed by atoms with van der Waals surface area (Å²) in [5, 5.41) is 10.6. The van der Waals surface area contributed by atoms with Crippen molar-refractivity contribution in [2.75, 3.05) is 13.7 Å². The second kappa shape index (κ2) is 7.96. The van der Waals surface area contributed by atoms with Crippen LogP contribution in [0, 0.1) is 0 Å². The Morgan fingerprint density at radius 1 is 1.33 bits per heavy atom. The van der Waals surface area contributed by atoms with E-state index in [4.69, 9.17) is 14.2 Å². The first-order valence-corrected chi connectivity index (χ1v) is 7.86. The SMILES string of the molecule is C=CCO[C@@H]1[C@H](O)[C@@H](Sc2ccccc2)O[C@H](C)[C@H]1OC. The maximum Gasteiger partial charge on any atom is 0.136 e. The summed E-state index contributed by atoms with van der Waals surface area (Å²) < 4.78 is 17.0. The van der Waals surface area contributed by atoms with Crippen LogP contribution in [0.4, 0.5) is 0 Å². The monoisotopic (exact) mass is 310 g/mol. The molecule has 0 saturated carbocycles. The van der Waals surface area contributed by atoms with E-state index in [0.717, 1.165) is 4.90 Å². The predicted octanol–water partition coefficient (Wildman–Crippen LogP) is 2.47. The largest absolute Gasteiger partial charge is 0.387 e. The second-order valence-corrected chi connectivity index (χ2v) is 6.09. The van der Waals surface area contributed by atoms with E-state index < -0.39 is 12.2 Å². The van der Waals surface area contributed by atoms with Crippen molar-refractivity contribution < 1.29 is 19.3 Å². The normalized spacial score (nSPS) is 32.8. The molecule has 0 radical (unpaired) electrons. The molecular formula is C16H22O4S. The molecule has 5 atom stereocenters. The molecule has 1 saturated heterocycles. The molecule has 1 aromatic carbocycles. The molecular weight excluding hydrogens is 288 g/mol. The Labute approximate surface area is 130 Å². The van der Waals surface area contributed by atoms with Gasteiger partial charge in [-0.25, -0.2) is 0 Å². The third-order valence-electron chi connectivity index (χ3n) is 3.42. The van der Waals surface area contributed by atoms with Gasteiger partial charge in [0, 0.05) is 12.0 Å². The lowest BCUT2D eigenvalue weighted by Gasteiger charge is -2.42. The molecule has 116 valence electrons. The number of hydrogen-bond donors (Lipinski definition) is 1. The summed E-state index contributed by atoms with van der Waals surface area (Å²) in [6, 6.07) is 9.87. The van der Waals surface area contributed by atoms with E-state index in [1.165, 1.54) is 11.8 Å². The van der Waals surface area contributed by atoms with Crippen molar-refractivity contribution >= 4 is 11.8 Å². The topological polar surface area (TPSA) is 47.9 Å². The van der Waals surface area contributed by atoms with Gasteiger partial charge in [-0.05, 0) is 19.1 Å². The van der Waals surface area contributed by atoms with Crippen molar-refractivity contribution in [3.63, 3.8) is 0 Å². The minimum Gasteiger partial charge on any atom is -0.387 e. The molecule has 1 aliphatic heterocycles. The van der Waals surface area contributed by atoms with E-state index in [1.54, 1.807) is 13.2 Å². The molecule has 0 aliphatic carbocycles. The first-order valence-electron chi connectivity index (χ1n) is 6.98. The van der Waals surface area contributed by atoms with E-state index in [0.29, 0.717) is 6.61 Å². The fraction of sp³-hybridized carbons (Fsp3) is 0.500. The van der Waals surface area contributed by atoms with Gasteiger partial charge in [0.25, 0.3) is 0 Å². The zero-order valence-electron chi connectivity index (χ0n) is 12.3. The molecule has 1 aromatic rings. The lowest BCUT2D eigenvalue weighted by molar-refractivity contribution is -0.213. The quantitative estimate of drug-likeness (QED) is 0.818. The Hall–Kier alpha value is -0.850. The molecule has 4 nitrogen and oxygen atoms in total. The molecule has 1 aliphatic rings. The summed E-state index contributed by atoms with van der Waals surface area (Å²) in [6.45, 7) is 5.95. The summed E-state index contributed by atoms with van der Waals surface area (Å²) >= 11 is 1.49. The standard InChI is InChI=1S/C16H22O4S/c1-4-10-19-15-13(17)16(20-11(2)14(15)18-3)21-12-8-6-5-7-9-12/h4-9,11,13-17H,1,10H2,2-3H3/t11-,13+,14-,15-,16-/m1/s1. The van der Waals surface area contributed by atoms with Crippen LogP contribution in [0.25, 0.3) is 0 Å². The summed E-state index contributed by atoms with van der Waals surface area (Å²) in [6.07, 6.45) is 0.00936. The van der Waals surface area contributed by atoms with Gasteiger partial charge in [0.15, 0.2) is 0 Å². The van der Waals surface area contributed by atoms with Gasteiger partial charge >= 0.3 is 0 Å². The van der Waals surface area contributed by atoms with Crippen LogP contribution in [0.15, 0.2) is 47.9 Å². The van der Waals surface area contributed by atoms with Crippen LogP contribution in [-0.4, -0.2) is 48.7 Å². The molecule has 1 heterocycles. The summed E-state index contributed by atoms with van der Waals surface area (Å²) in [7, 11) is 1.60. The first-order chi connectivity index (χ1) is 10.2. The third kappa shape index (κ3) is 4.08. The highest BCUT2D eigenvalue weighted by atomic mass is 32.2. The van der Waals surface area contributed by atoms with Gasteiger partial charge in [-0.1, -0.05) is 36.0 Å². The summed E-state index contributed by atoms with van der Waals surface area (Å²) in [4.78, 5) is 1.05. The van der Waals surface area contributed by atoms with Crippen molar-refractivity contribution in [3.8, 4) is 0 Å². The fourth-order valence-electron chi connectivity index (χ4n) is 2.41.